The van der Waals surface area contributed by atoms with E-state index < -0.39 is 44.3 Å². The second kappa shape index (κ2) is 16.5. The van der Waals surface area contributed by atoms with E-state index in [1.54, 1.807) is 0 Å². The Bertz CT molecular complexity index is 395. The van der Waals surface area contributed by atoms with Crippen molar-refractivity contribution in [3.8, 4) is 0 Å². The van der Waals surface area contributed by atoms with Crippen LogP contribution in [0.1, 0.15) is 0 Å². The largest absolute Gasteiger partial charge is 0.508 e. The molecule has 0 saturated carbocycles. The van der Waals surface area contributed by atoms with Crippen LogP contribution in [-0.2, 0) is 28.5 Å². The van der Waals surface area contributed by atoms with E-state index in [2.05, 4.69) is 23.7 Å². The van der Waals surface area contributed by atoms with Crippen LogP contribution in [0.2, 0.25) is 0 Å². The summed E-state index contributed by atoms with van der Waals surface area (Å²) in [6.07, 6.45) is -7.04. The lowest BCUT2D eigenvalue weighted by Crippen LogP contribution is -2.27. The molecule has 26 heavy (non-hydrogen) atoms. The molecule has 0 bridgehead atoms. The summed E-state index contributed by atoms with van der Waals surface area (Å²) in [6, 6.07) is 0. The van der Waals surface area contributed by atoms with Crippen molar-refractivity contribution >= 4 is 29.9 Å². The first-order valence-corrected chi connectivity index (χ1v) is 7.33. The zero-order valence-electron chi connectivity index (χ0n) is 13.3. The van der Waals surface area contributed by atoms with E-state index in [4.69, 9.17) is 21.8 Å². The number of aliphatic hydroxyl groups excluding tert-OH is 2. The monoisotopic (exact) mass is 414 g/mol. The maximum absolute atomic E-state index is 11.6. The first kappa shape index (κ1) is 26.2. The molecule has 0 amide bonds. The topological polar surface area (TPSA) is 138 Å². The number of alkyl halides is 4. The molecule has 2 N–H and O–H groups in total. The molecule has 10 nitrogen and oxygen atoms in total. The van der Waals surface area contributed by atoms with Crippen LogP contribution < -0.4 is 0 Å². The maximum atomic E-state index is 11.6. The minimum atomic E-state index is -5.07. The van der Waals surface area contributed by atoms with Gasteiger partial charge in [0.15, 0.2) is 0 Å². The summed E-state index contributed by atoms with van der Waals surface area (Å²) in [5.74, 6) is -2.12. The molecule has 0 saturated heterocycles. The van der Waals surface area contributed by atoms with Gasteiger partial charge in [-0.3, -0.25) is 0 Å². The number of aliphatic hydroxyl groups is 2. The van der Waals surface area contributed by atoms with Gasteiger partial charge in [-0.1, -0.05) is 0 Å². The van der Waals surface area contributed by atoms with Crippen molar-refractivity contribution in [3.05, 3.63) is 0 Å². The number of carbonyl (C=O) groups excluding carboxylic acids is 3. The Morgan fingerprint density at radius 2 is 1.12 bits per heavy atom. The molecule has 0 atom stereocenters. The van der Waals surface area contributed by atoms with Crippen molar-refractivity contribution in [2.45, 2.75) is 6.18 Å². The fourth-order valence-electron chi connectivity index (χ4n) is 0.804. The molecule has 0 fully saturated rings. The predicted molar refractivity (Wildman–Crippen MR) is 76.5 cm³/mol. The van der Waals surface area contributed by atoms with Crippen LogP contribution in [0.25, 0.3) is 0 Å². The Hall–Kier alpha value is -1.99. The van der Waals surface area contributed by atoms with E-state index >= 15 is 0 Å². The Morgan fingerprint density at radius 1 is 0.731 bits per heavy atom. The molecule has 14 heteroatoms. The van der Waals surface area contributed by atoms with Gasteiger partial charge in [0.25, 0.3) is 0 Å². The van der Waals surface area contributed by atoms with Crippen LogP contribution in [-0.4, -0.2) is 86.8 Å². The minimum Gasteiger partial charge on any atom is -0.455 e. The molecule has 0 aliphatic rings. The number of esters is 1. The van der Waals surface area contributed by atoms with Crippen LogP contribution in [0.3, 0.4) is 0 Å². The average Bonchev–Trinajstić information content (AvgIpc) is 2.59. The minimum absolute atomic E-state index is 0.0406. The standard InChI is InChI=1S/C7H9F3O6.C5H9ClO4/c8-7(9,10)5(12)14-3-4-16-6(13)15-2-1-11;6-1-3-9-5(8)10-4-2-7/h11H,1-4H2;7H,1-4H2. The second-order valence-corrected chi connectivity index (χ2v) is 4.04. The number of hydrogen-bond donors (Lipinski definition) is 2. The van der Waals surface area contributed by atoms with E-state index in [9.17, 15) is 27.6 Å². The van der Waals surface area contributed by atoms with Crippen molar-refractivity contribution in [1.82, 2.24) is 0 Å². The van der Waals surface area contributed by atoms with E-state index in [1.165, 1.54) is 0 Å². The number of hydrogen-bond acceptors (Lipinski definition) is 10. The molecule has 0 aliphatic carbocycles. The molecule has 0 aromatic carbocycles. The third-order valence-corrected chi connectivity index (χ3v) is 1.84. The third kappa shape index (κ3) is 18.4. The lowest BCUT2D eigenvalue weighted by Gasteiger charge is -2.07. The highest BCUT2D eigenvalue weighted by Gasteiger charge is 2.40. The summed E-state index contributed by atoms with van der Waals surface area (Å²) < 4.78 is 55.5. The van der Waals surface area contributed by atoms with Crippen molar-refractivity contribution in [2.75, 3.05) is 52.1 Å². The molecular weight excluding hydrogens is 397 g/mol. The van der Waals surface area contributed by atoms with Gasteiger partial charge in [-0.2, -0.15) is 13.2 Å². The van der Waals surface area contributed by atoms with Gasteiger partial charge < -0.3 is 33.9 Å². The van der Waals surface area contributed by atoms with E-state index in [-0.39, 0.29) is 32.3 Å². The highest BCUT2D eigenvalue weighted by atomic mass is 35.5. The second-order valence-electron chi connectivity index (χ2n) is 3.66. The molecule has 0 aromatic rings. The molecule has 0 rings (SSSR count). The lowest BCUT2D eigenvalue weighted by molar-refractivity contribution is -0.200. The van der Waals surface area contributed by atoms with E-state index in [1.807, 2.05) is 0 Å². The molecule has 0 aromatic heterocycles. The van der Waals surface area contributed by atoms with E-state index in [0.717, 1.165) is 0 Å². The van der Waals surface area contributed by atoms with Crippen LogP contribution in [0.4, 0.5) is 22.8 Å². The molecule has 0 heterocycles. The number of rotatable bonds is 9. The van der Waals surface area contributed by atoms with Crippen molar-refractivity contribution in [2.24, 2.45) is 0 Å². The van der Waals surface area contributed by atoms with Gasteiger partial charge in [-0.05, 0) is 0 Å². The number of ether oxygens (including phenoxy) is 5. The molecule has 0 unspecified atom stereocenters. The zero-order valence-corrected chi connectivity index (χ0v) is 14.1. The van der Waals surface area contributed by atoms with Crippen LogP contribution >= 0.6 is 11.6 Å². The molecule has 0 spiro atoms. The summed E-state index contributed by atoms with van der Waals surface area (Å²) in [7, 11) is 0. The van der Waals surface area contributed by atoms with Crippen molar-refractivity contribution in [3.63, 3.8) is 0 Å². The summed E-state index contributed by atoms with van der Waals surface area (Å²) in [6.45, 7) is -2.10. The molecular formula is C12H18ClF3O10. The van der Waals surface area contributed by atoms with Crippen LogP contribution in [0.15, 0.2) is 0 Å². The Kier molecular flexibility index (Phi) is 16.6. The highest BCUT2D eigenvalue weighted by Crippen LogP contribution is 2.16. The van der Waals surface area contributed by atoms with Gasteiger partial charge in [0.05, 0.1) is 19.1 Å². The lowest BCUT2D eigenvalue weighted by atomic mass is 10.6. The van der Waals surface area contributed by atoms with Gasteiger partial charge >= 0.3 is 24.5 Å². The van der Waals surface area contributed by atoms with Gasteiger partial charge in [0, 0.05) is 0 Å². The molecule has 154 valence electrons. The zero-order chi connectivity index (χ0) is 20.4. The summed E-state index contributed by atoms with van der Waals surface area (Å²) >= 11 is 5.20. The SMILES string of the molecule is O=C(OCCO)OCCCl.O=C(OCCO)OCCOC(=O)C(F)(F)F. The number of carbonyl (C=O) groups is 3. The van der Waals surface area contributed by atoms with Gasteiger partial charge in [-0.15, -0.1) is 11.6 Å². The summed E-state index contributed by atoms with van der Waals surface area (Å²) in [5, 5.41) is 16.4. The quantitative estimate of drug-likeness (QED) is 0.239. The average molecular weight is 415 g/mol. The summed E-state index contributed by atoms with van der Waals surface area (Å²) in [4.78, 5) is 31.0. The van der Waals surface area contributed by atoms with Crippen LogP contribution in [0.5, 0.6) is 0 Å². The first-order chi connectivity index (χ1) is 12.2. The number of halogens is 4. The molecule has 0 radical (unpaired) electrons. The predicted octanol–water partition coefficient (Wildman–Crippen LogP) is 0.608. The summed E-state index contributed by atoms with van der Waals surface area (Å²) in [5.41, 5.74) is 0. The normalized spacial score (nSPS) is 10.1. The fourth-order valence-corrected chi connectivity index (χ4v) is 0.882. The van der Waals surface area contributed by atoms with E-state index in [0.29, 0.717) is 0 Å². The van der Waals surface area contributed by atoms with Gasteiger partial charge in [0.1, 0.15) is 33.0 Å². The van der Waals surface area contributed by atoms with Gasteiger partial charge in [0.2, 0.25) is 0 Å². The van der Waals surface area contributed by atoms with Crippen molar-refractivity contribution < 1.29 is 61.5 Å². The first-order valence-electron chi connectivity index (χ1n) is 6.79. The third-order valence-electron chi connectivity index (χ3n) is 1.69. The highest BCUT2D eigenvalue weighted by molar-refractivity contribution is 6.18. The Morgan fingerprint density at radius 3 is 1.50 bits per heavy atom. The van der Waals surface area contributed by atoms with Crippen molar-refractivity contribution in [1.29, 1.82) is 0 Å². The fraction of sp³-hybridized carbons (Fsp3) is 0.750. The van der Waals surface area contributed by atoms with Gasteiger partial charge in [-0.25, -0.2) is 14.4 Å². The molecule has 0 aliphatic heterocycles. The smallest absolute Gasteiger partial charge is 0.455 e. The van der Waals surface area contributed by atoms with Crippen LogP contribution in [0, 0.1) is 0 Å². The Labute approximate surface area is 150 Å². The Balaban J connectivity index is 0. The maximum Gasteiger partial charge on any atom is 0.508 e.